The normalized spacial score (nSPS) is 24.4. The van der Waals surface area contributed by atoms with E-state index in [-0.39, 0.29) is 12.4 Å². The van der Waals surface area contributed by atoms with Gasteiger partial charge in [-0.1, -0.05) is 6.07 Å². The third kappa shape index (κ3) is 3.70. The highest BCUT2D eigenvalue weighted by Crippen LogP contribution is 2.45. The second-order valence-electron chi connectivity index (χ2n) is 9.13. The van der Waals surface area contributed by atoms with E-state index in [9.17, 15) is 9.50 Å². The molecule has 6 heteroatoms. The summed E-state index contributed by atoms with van der Waals surface area (Å²) in [6.45, 7) is 0.909. The predicted octanol–water partition coefficient (Wildman–Crippen LogP) is 5.94. The summed E-state index contributed by atoms with van der Waals surface area (Å²) in [5.41, 5.74) is 0.793. The average Bonchev–Trinajstić information content (AvgIpc) is 3.48. The zero-order valence-electron chi connectivity index (χ0n) is 17.7. The van der Waals surface area contributed by atoms with Crippen LogP contribution in [0.25, 0.3) is 21.1 Å². The van der Waals surface area contributed by atoms with E-state index in [1.165, 1.54) is 17.7 Å². The molecule has 2 aliphatic heterocycles. The number of furan rings is 1. The number of halogens is 1. The number of nitrogens with zero attached hydrogens (tertiary/aromatic N) is 1. The Balaban J connectivity index is 1.10. The molecule has 2 aromatic heterocycles. The quantitative estimate of drug-likeness (QED) is 0.394. The van der Waals surface area contributed by atoms with Crippen LogP contribution in [0.1, 0.15) is 36.5 Å². The summed E-state index contributed by atoms with van der Waals surface area (Å²) in [6, 6.07) is 15.9. The molecule has 1 N–H and O–H groups in total. The summed E-state index contributed by atoms with van der Waals surface area (Å²) in [5.74, 6) is 1.10. The van der Waals surface area contributed by atoms with Crippen molar-refractivity contribution in [2.45, 2.75) is 49.8 Å². The molecule has 4 nitrogen and oxygen atoms in total. The summed E-state index contributed by atoms with van der Waals surface area (Å²) in [5, 5.41) is 12.7. The van der Waals surface area contributed by atoms with Crippen LogP contribution in [0.5, 0.6) is 5.75 Å². The van der Waals surface area contributed by atoms with Crippen molar-refractivity contribution in [2.24, 2.45) is 0 Å². The highest BCUT2D eigenvalue weighted by atomic mass is 32.1. The zero-order valence-corrected chi connectivity index (χ0v) is 18.6. The third-order valence-electron chi connectivity index (χ3n) is 7.09. The van der Waals surface area contributed by atoms with E-state index in [2.05, 4.69) is 11.0 Å². The Morgan fingerprint density at radius 1 is 1.12 bits per heavy atom. The fourth-order valence-electron chi connectivity index (χ4n) is 5.61. The predicted molar refractivity (Wildman–Crippen MR) is 125 cm³/mol. The summed E-state index contributed by atoms with van der Waals surface area (Å²) in [6.07, 6.45) is 5.69. The first-order valence-corrected chi connectivity index (χ1v) is 12.2. The van der Waals surface area contributed by atoms with Gasteiger partial charge in [-0.3, -0.25) is 4.90 Å². The molecule has 6 rings (SSSR count). The minimum Gasteiger partial charge on any atom is -0.490 e. The number of benzene rings is 2. The second kappa shape index (κ2) is 8.18. The first-order valence-electron chi connectivity index (χ1n) is 11.4. The molecule has 2 aliphatic rings. The molecule has 2 unspecified atom stereocenters. The first kappa shape index (κ1) is 20.2. The Morgan fingerprint density at radius 2 is 1.97 bits per heavy atom. The standard InChI is InChI=1S/C26H26FNO3S/c27-18-4-7-25-16(10-18)13-26(32-25)17-11-19-5-6-20(12-17)28(19)14-21(29)15-31-24-3-1-2-23-22(24)8-9-30-23/h1-4,7-10,13,17,19-21,29H,5-6,11-12,14-15H2/t17?,19?,20?,21-/m0/s1. The lowest BCUT2D eigenvalue weighted by Crippen LogP contribution is -2.47. The molecule has 3 atom stereocenters. The number of aliphatic hydroxyl groups excluding tert-OH is 1. The highest BCUT2D eigenvalue weighted by molar-refractivity contribution is 7.19. The van der Waals surface area contributed by atoms with Gasteiger partial charge in [-0.2, -0.15) is 0 Å². The number of thiophene rings is 1. The molecule has 4 heterocycles. The van der Waals surface area contributed by atoms with Gasteiger partial charge in [0.2, 0.25) is 0 Å². The summed E-state index contributed by atoms with van der Waals surface area (Å²) < 4.78 is 26.1. The van der Waals surface area contributed by atoms with E-state index in [1.54, 1.807) is 29.7 Å². The van der Waals surface area contributed by atoms with Gasteiger partial charge in [-0.15, -0.1) is 11.3 Å². The van der Waals surface area contributed by atoms with Crippen molar-refractivity contribution >= 4 is 32.4 Å². The number of hydrogen-bond donors (Lipinski definition) is 1. The van der Waals surface area contributed by atoms with Crippen LogP contribution in [0, 0.1) is 5.82 Å². The zero-order chi connectivity index (χ0) is 21.7. The Hall–Kier alpha value is -2.41. The number of rotatable bonds is 6. The van der Waals surface area contributed by atoms with Crippen molar-refractivity contribution in [1.29, 1.82) is 0 Å². The van der Waals surface area contributed by atoms with Crippen molar-refractivity contribution < 1.29 is 18.7 Å². The maximum Gasteiger partial charge on any atom is 0.137 e. The molecule has 2 saturated heterocycles. The van der Waals surface area contributed by atoms with Gasteiger partial charge in [-0.25, -0.2) is 4.39 Å². The number of hydrogen-bond acceptors (Lipinski definition) is 5. The number of piperidine rings is 1. The smallest absolute Gasteiger partial charge is 0.137 e. The highest BCUT2D eigenvalue weighted by Gasteiger charge is 2.42. The average molecular weight is 452 g/mol. The van der Waals surface area contributed by atoms with Crippen molar-refractivity contribution in [3.05, 3.63) is 65.5 Å². The molecule has 32 heavy (non-hydrogen) atoms. The van der Waals surface area contributed by atoms with E-state index >= 15 is 0 Å². The van der Waals surface area contributed by atoms with Crippen molar-refractivity contribution in [3.8, 4) is 5.75 Å². The molecular weight excluding hydrogens is 425 g/mol. The monoisotopic (exact) mass is 451 g/mol. The van der Waals surface area contributed by atoms with Crippen molar-refractivity contribution in [1.82, 2.24) is 4.90 Å². The van der Waals surface area contributed by atoms with Crippen LogP contribution in [-0.4, -0.2) is 41.3 Å². The van der Waals surface area contributed by atoms with Crippen LogP contribution in [0.2, 0.25) is 0 Å². The van der Waals surface area contributed by atoms with Gasteiger partial charge >= 0.3 is 0 Å². The summed E-state index contributed by atoms with van der Waals surface area (Å²) in [4.78, 5) is 3.87. The number of ether oxygens (including phenoxy) is 1. The fraction of sp³-hybridized carbons (Fsp3) is 0.385. The topological polar surface area (TPSA) is 45.8 Å². The lowest BCUT2D eigenvalue weighted by atomic mass is 9.89. The van der Waals surface area contributed by atoms with E-state index in [0.29, 0.717) is 24.5 Å². The SMILES string of the molecule is O[C@H](COc1cccc2occc12)CN1C2CCC1CC(c1cc3cc(F)ccc3s1)C2. The van der Waals surface area contributed by atoms with Crippen LogP contribution in [0.15, 0.2) is 59.2 Å². The molecule has 0 amide bonds. The molecule has 0 radical (unpaired) electrons. The molecular formula is C26H26FNO3S. The molecule has 4 aromatic rings. The van der Waals surface area contributed by atoms with Crippen LogP contribution in [-0.2, 0) is 0 Å². The Kier molecular flexibility index (Phi) is 5.17. The van der Waals surface area contributed by atoms with Gasteiger partial charge in [0.1, 0.15) is 29.9 Å². The Bertz CT molecular complexity index is 1240. The van der Waals surface area contributed by atoms with E-state index in [1.807, 2.05) is 30.3 Å². The lowest BCUT2D eigenvalue weighted by molar-refractivity contribution is 0.0323. The van der Waals surface area contributed by atoms with Gasteiger partial charge in [0, 0.05) is 28.2 Å². The Morgan fingerprint density at radius 3 is 2.81 bits per heavy atom. The van der Waals surface area contributed by atoms with Crippen LogP contribution in [0.3, 0.4) is 0 Å². The van der Waals surface area contributed by atoms with Crippen molar-refractivity contribution in [3.63, 3.8) is 0 Å². The van der Waals surface area contributed by atoms with Crippen molar-refractivity contribution in [2.75, 3.05) is 13.2 Å². The molecule has 2 bridgehead atoms. The fourth-order valence-corrected chi connectivity index (χ4v) is 6.79. The molecule has 2 fully saturated rings. The molecule has 166 valence electrons. The maximum absolute atomic E-state index is 13.6. The van der Waals surface area contributed by atoms with Gasteiger partial charge in [-0.05, 0) is 79.5 Å². The molecule has 0 saturated carbocycles. The van der Waals surface area contributed by atoms with Crippen LogP contribution in [0.4, 0.5) is 4.39 Å². The minimum absolute atomic E-state index is 0.169. The maximum atomic E-state index is 13.6. The minimum atomic E-state index is -0.538. The summed E-state index contributed by atoms with van der Waals surface area (Å²) >= 11 is 1.80. The van der Waals surface area contributed by atoms with E-state index < -0.39 is 6.10 Å². The number of fused-ring (bicyclic) bond motifs is 4. The Labute approximate surface area is 190 Å². The largest absolute Gasteiger partial charge is 0.490 e. The van der Waals surface area contributed by atoms with Gasteiger partial charge in [0.05, 0.1) is 11.6 Å². The molecule has 0 spiro atoms. The molecule has 2 aromatic carbocycles. The number of aliphatic hydroxyl groups is 1. The van der Waals surface area contributed by atoms with Crippen LogP contribution >= 0.6 is 11.3 Å². The van der Waals surface area contributed by atoms with E-state index in [0.717, 1.165) is 39.6 Å². The van der Waals surface area contributed by atoms with Gasteiger partial charge in [0.25, 0.3) is 0 Å². The molecule has 0 aliphatic carbocycles. The first-order chi connectivity index (χ1) is 15.6. The summed E-state index contributed by atoms with van der Waals surface area (Å²) in [7, 11) is 0. The second-order valence-corrected chi connectivity index (χ2v) is 10.2. The van der Waals surface area contributed by atoms with E-state index in [4.69, 9.17) is 9.15 Å². The van der Waals surface area contributed by atoms with Crippen LogP contribution < -0.4 is 4.74 Å². The lowest BCUT2D eigenvalue weighted by Gasteiger charge is -2.39. The third-order valence-corrected chi connectivity index (χ3v) is 8.37. The van der Waals surface area contributed by atoms with Gasteiger partial charge < -0.3 is 14.3 Å². The van der Waals surface area contributed by atoms with Gasteiger partial charge in [0.15, 0.2) is 0 Å².